The molecule has 0 spiro atoms. The third-order valence-corrected chi connectivity index (χ3v) is 8.07. The van der Waals surface area contributed by atoms with E-state index in [2.05, 4.69) is 6.92 Å². The first-order chi connectivity index (χ1) is 13.4. The molecule has 0 N–H and O–H groups in total. The lowest BCUT2D eigenvalue weighted by molar-refractivity contribution is -0.131. The summed E-state index contributed by atoms with van der Waals surface area (Å²) in [5, 5.41) is 0. The number of carbonyl (C=O) groups is 1. The van der Waals surface area contributed by atoms with Crippen molar-refractivity contribution in [2.24, 2.45) is 11.8 Å². The van der Waals surface area contributed by atoms with Gasteiger partial charge in [-0.25, -0.2) is 8.42 Å². The molecule has 0 aromatic rings. The number of allylic oxidation sites excluding steroid dienone is 4. The number of fused-ring (bicyclic) bond motifs is 1. The average Bonchev–Trinajstić information content (AvgIpc) is 3.04. The molecule has 0 aromatic carbocycles. The van der Waals surface area contributed by atoms with Gasteiger partial charge in [-0.1, -0.05) is 6.92 Å². The van der Waals surface area contributed by atoms with E-state index in [1.54, 1.807) is 12.2 Å². The Hall–Kier alpha value is -1.64. The second kappa shape index (κ2) is 7.65. The molecule has 4 rings (SSSR count). The van der Waals surface area contributed by atoms with Crippen LogP contribution in [0.4, 0.5) is 0 Å². The summed E-state index contributed by atoms with van der Waals surface area (Å²) in [6.07, 6.45) is 5.83. The summed E-state index contributed by atoms with van der Waals surface area (Å²) in [4.78, 5) is 15.2. The van der Waals surface area contributed by atoms with Crippen LogP contribution in [0, 0.1) is 11.8 Å². The van der Waals surface area contributed by atoms with Crippen LogP contribution in [0.3, 0.4) is 0 Å². The maximum absolute atomic E-state index is 13.0. The van der Waals surface area contributed by atoms with Crippen molar-refractivity contribution in [3.8, 4) is 0 Å². The fourth-order valence-corrected chi connectivity index (χ4v) is 5.94. The maximum Gasteiger partial charge on any atom is 0.289 e. The maximum atomic E-state index is 13.0. The van der Waals surface area contributed by atoms with Crippen molar-refractivity contribution in [1.82, 2.24) is 9.21 Å². The van der Waals surface area contributed by atoms with Gasteiger partial charge in [-0.3, -0.25) is 4.79 Å². The number of hydrogen-bond acceptors (Lipinski definition) is 5. The Morgan fingerprint density at radius 3 is 2.64 bits per heavy atom. The highest BCUT2D eigenvalue weighted by atomic mass is 32.2. The second-order valence-electron chi connectivity index (χ2n) is 8.09. The standard InChI is InChI=1S/C20H28N2O5S/c1-14-4-3-7-21(13-14)20(23)19-15(2)17-12-16(5-6-18(17)27-19)28(24,25)22-8-10-26-11-9-22/h5-6,14,17H,3-4,7-13H2,1-2H3. The fourth-order valence-electron chi connectivity index (χ4n) is 4.36. The molecule has 2 unspecified atom stereocenters. The molecule has 1 aliphatic carbocycles. The molecule has 2 fully saturated rings. The smallest absolute Gasteiger partial charge is 0.289 e. The van der Waals surface area contributed by atoms with E-state index in [1.165, 1.54) is 4.31 Å². The van der Waals surface area contributed by atoms with Crippen LogP contribution in [0.25, 0.3) is 0 Å². The van der Waals surface area contributed by atoms with E-state index < -0.39 is 10.0 Å². The Bertz CT molecular complexity index is 852. The lowest BCUT2D eigenvalue weighted by atomic mass is 9.92. The number of nitrogens with zero attached hydrogens (tertiary/aromatic N) is 2. The molecule has 0 bridgehead atoms. The SMILES string of the molecule is CC1=C(C(=O)N2CCCC(C)C2)OC2=CC=C(S(=O)(=O)N3CCOCC3)CC21. The number of ether oxygens (including phenoxy) is 2. The van der Waals surface area contributed by atoms with Crippen molar-refractivity contribution in [3.63, 3.8) is 0 Å². The van der Waals surface area contributed by atoms with Gasteiger partial charge in [0, 0.05) is 32.1 Å². The molecule has 2 atom stereocenters. The number of sulfonamides is 1. The van der Waals surface area contributed by atoms with Crippen LogP contribution >= 0.6 is 0 Å². The largest absolute Gasteiger partial charge is 0.455 e. The first kappa shape index (κ1) is 19.7. The third kappa shape index (κ3) is 3.53. The monoisotopic (exact) mass is 408 g/mol. The predicted molar refractivity (Wildman–Crippen MR) is 104 cm³/mol. The summed E-state index contributed by atoms with van der Waals surface area (Å²) in [6.45, 7) is 7.14. The summed E-state index contributed by atoms with van der Waals surface area (Å²) in [7, 11) is -3.52. The number of piperidine rings is 1. The van der Waals surface area contributed by atoms with E-state index in [4.69, 9.17) is 9.47 Å². The van der Waals surface area contributed by atoms with Crippen LogP contribution in [-0.4, -0.2) is 62.9 Å². The molecule has 154 valence electrons. The molecular weight excluding hydrogens is 380 g/mol. The lowest BCUT2D eigenvalue weighted by Gasteiger charge is -2.31. The van der Waals surface area contributed by atoms with Gasteiger partial charge in [-0.15, -0.1) is 0 Å². The molecule has 28 heavy (non-hydrogen) atoms. The zero-order valence-electron chi connectivity index (χ0n) is 16.5. The molecule has 7 nitrogen and oxygen atoms in total. The molecule has 1 amide bonds. The highest BCUT2D eigenvalue weighted by molar-refractivity contribution is 7.93. The quantitative estimate of drug-likeness (QED) is 0.714. The number of carbonyl (C=O) groups excluding carboxylic acids is 1. The molecular formula is C20H28N2O5S. The van der Waals surface area contributed by atoms with Gasteiger partial charge in [0.2, 0.25) is 10.0 Å². The Kier molecular flexibility index (Phi) is 5.37. The highest BCUT2D eigenvalue weighted by Crippen LogP contribution is 2.42. The van der Waals surface area contributed by atoms with E-state index in [-0.39, 0.29) is 11.8 Å². The fraction of sp³-hybridized carbons (Fsp3) is 0.650. The van der Waals surface area contributed by atoms with E-state index in [0.717, 1.165) is 31.5 Å². The lowest BCUT2D eigenvalue weighted by Crippen LogP contribution is -2.41. The highest BCUT2D eigenvalue weighted by Gasteiger charge is 2.40. The molecule has 4 aliphatic rings. The minimum atomic E-state index is -3.52. The van der Waals surface area contributed by atoms with Gasteiger partial charge in [0.15, 0.2) is 5.76 Å². The Morgan fingerprint density at radius 1 is 1.18 bits per heavy atom. The molecule has 3 aliphatic heterocycles. The van der Waals surface area contributed by atoms with E-state index in [1.807, 2.05) is 11.8 Å². The Morgan fingerprint density at radius 2 is 1.93 bits per heavy atom. The Balaban J connectivity index is 1.52. The van der Waals surface area contributed by atoms with Crippen molar-refractivity contribution in [2.75, 3.05) is 39.4 Å². The zero-order chi connectivity index (χ0) is 19.9. The van der Waals surface area contributed by atoms with Crippen LogP contribution in [0.1, 0.15) is 33.1 Å². The van der Waals surface area contributed by atoms with Crippen molar-refractivity contribution in [1.29, 1.82) is 0 Å². The summed E-state index contributed by atoms with van der Waals surface area (Å²) < 4.78 is 38.6. The molecule has 8 heteroatoms. The number of hydrogen-bond donors (Lipinski definition) is 0. The van der Waals surface area contributed by atoms with Crippen LogP contribution in [-0.2, 0) is 24.3 Å². The van der Waals surface area contributed by atoms with Crippen LogP contribution in [0.5, 0.6) is 0 Å². The topological polar surface area (TPSA) is 76.2 Å². The minimum Gasteiger partial charge on any atom is -0.455 e. The van der Waals surface area contributed by atoms with Gasteiger partial charge in [0.25, 0.3) is 5.91 Å². The van der Waals surface area contributed by atoms with E-state index in [9.17, 15) is 13.2 Å². The average molecular weight is 409 g/mol. The van der Waals surface area contributed by atoms with Crippen molar-refractivity contribution in [3.05, 3.63) is 34.1 Å². The third-order valence-electron chi connectivity index (χ3n) is 6.06. The number of morpholine rings is 1. The van der Waals surface area contributed by atoms with Crippen molar-refractivity contribution < 1.29 is 22.7 Å². The van der Waals surface area contributed by atoms with Crippen molar-refractivity contribution >= 4 is 15.9 Å². The number of rotatable bonds is 3. The van der Waals surface area contributed by atoms with Crippen LogP contribution in [0.15, 0.2) is 34.1 Å². The second-order valence-corrected chi connectivity index (χ2v) is 10.1. The van der Waals surface area contributed by atoms with Crippen LogP contribution < -0.4 is 0 Å². The van der Waals surface area contributed by atoms with Gasteiger partial charge in [0.1, 0.15) is 5.76 Å². The summed E-state index contributed by atoms with van der Waals surface area (Å²) in [5.74, 6) is 1.29. The molecule has 0 aromatic heterocycles. The minimum absolute atomic E-state index is 0.0723. The molecule has 2 saturated heterocycles. The first-order valence-corrected chi connectivity index (χ1v) is 11.5. The summed E-state index contributed by atoms with van der Waals surface area (Å²) in [6, 6.07) is 0. The number of likely N-dealkylation sites (tertiary alicyclic amines) is 1. The van der Waals surface area contributed by atoms with Gasteiger partial charge in [0.05, 0.1) is 18.1 Å². The normalized spacial score (nSPS) is 29.1. The molecule has 0 radical (unpaired) electrons. The first-order valence-electron chi connectivity index (χ1n) is 10.0. The van der Waals surface area contributed by atoms with Gasteiger partial charge < -0.3 is 14.4 Å². The Labute approximate surface area is 166 Å². The zero-order valence-corrected chi connectivity index (χ0v) is 17.3. The molecule has 3 heterocycles. The summed E-state index contributed by atoms with van der Waals surface area (Å²) in [5.41, 5.74) is 0.831. The van der Waals surface area contributed by atoms with Crippen LogP contribution in [0.2, 0.25) is 0 Å². The van der Waals surface area contributed by atoms with Gasteiger partial charge in [-0.2, -0.15) is 4.31 Å². The predicted octanol–water partition coefficient (Wildman–Crippen LogP) is 2.00. The van der Waals surface area contributed by atoms with Gasteiger partial charge >= 0.3 is 0 Å². The van der Waals surface area contributed by atoms with E-state index >= 15 is 0 Å². The summed E-state index contributed by atoms with van der Waals surface area (Å²) >= 11 is 0. The molecule has 0 saturated carbocycles. The van der Waals surface area contributed by atoms with Crippen molar-refractivity contribution in [2.45, 2.75) is 33.1 Å². The number of amides is 1. The van der Waals surface area contributed by atoms with E-state index in [0.29, 0.717) is 55.1 Å². The van der Waals surface area contributed by atoms with Gasteiger partial charge in [-0.05, 0) is 49.8 Å².